The van der Waals surface area contributed by atoms with Gasteiger partial charge in [-0.05, 0) is 36.3 Å². The van der Waals surface area contributed by atoms with E-state index in [0.29, 0.717) is 73.4 Å². The number of nitrogens with two attached hydrogens (primary N) is 3. The molecule has 41 heavy (non-hydrogen) atoms. The molecular weight excluding hydrogens is 536 g/mol. The molecule has 1 saturated heterocycles. The molecule has 1 aromatic heterocycles. The zero-order chi connectivity index (χ0) is 30.4. The van der Waals surface area contributed by atoms with Gasteiger partial charge in [0.25, 0.3) is 0 Å². The lowest BCUT2D eigenvalue weighted by molar-refractivity contribution is 0.1000. The third kappa shape index (κ3) is 7.78. The van der Waals surface area contributed by atoms with E-state index in [9.17, 15) is 4.79 Å². The van der Waals surface area contributed by atoms with Crippen LogP contribution in [0.4, 0.5) is 5.95 Å². The highest BCUT2D eigenvalue weighted by molar-refractivity contribution is 6.74. The lowest BCUT2D eigenvalue weighted by Crippen LogP contribution is -2.54. The van der Waals surface area contributed by atoms with Crippen molar-refractivity contribution in [2.45, 2.75) is 64.5 Å². The molecule has 1 fully saturated rings. The predicted molar refractivity (Wildman–Crippen MR) is 169 cm³/mol. The molecule has 1 unspecified atom stereocenters. The first-order chi connectivity index (χ1) is 19.3. The molecule has 11 nitrogen and oxygen atoms in total. The zero-order valence-corrected chi connectivity index (χ0v) is 26.2. The number of primary amides is 1. The number of nitrogens with one attached hydrogen (secondary N) is 1. The Bertz CT molecular complexity index is 1340. The summed E-state index contributed by atoms with van der Waals surface area (Å²) in [7, 11) is -0.118. The molecule has 1 aliphatic rings. The predicted octanol–water partition coefficient (Wildman–Crippen LogP) is 3.70. The van der Waals surface area contributed by atoms with E-state index in [2.05, 4.69) is 60.6 Å². The minimum Gasteiger partial charge on any atom is -0.491 e. The molecule has 0 saturated carbocycles. The second-order valence-electron chi connectivity index (χ2n) is 11.6. The van der Waals surface area contributed by atoms with Crippen LogP contribution in [0.3, 0.4) is 0 Å². The SMILES string of the molecule is C=C/C=C1\CC(N)NC(=NC)N1C/C=C/Cn1c(N)nc2cc(C(N)=O)cc(OCCCO[Si](C)(C)C(C)(C)C)c21. The van der Waals surface area contributed by atoms with Gasteiger partial charge in [-0.15, -0.1) is 0 Å². The summed E-state index contributed by atoms with van der Waals surface area (Å²) < 4.78 is 14.3. The van der Waals surface area contributed by atoms with Crippen molar-refractivity contribution in [2.24, 2.45) is 16.5 Å². The number of anilines is 1. The van der Waals surface area contributed by atoms with Crippen LogP contribution in [0.2, 0.25) is 18.1 Å². The summed E-state index contributed by atoms with van der Waals surface area (Å²) in [6.45, 7) is 17.0. The van der Waals surface area contributed by atoms with Crippen LogP contribution in [0.25, 0.3) is 11.0 Å². The second kappa shape index (κ2) is 13.4. The second-order valence-corrected chi connectivity index (χ2v) is 16.4. The Hall–Kier alpha value is -3.61. The van der Waals surface area contributed by atoms with Gasteiger partial charge in [-0.1, -0.05) is 45.6 Å². The fourth-order valence-corrected chi connectivity index (χ4v) is 5.37. The Balaban J connectivity index is 1.77. The maximum absolute atomic E-state index is 12.0. The van der Waals surface area contributed by atoms with Crippen molar-refractivity contribution >= 4 is 37.2 Å². The van der Waals surface area contributed by atoms with Gasteiger partial charge >= 0.3 is 0 Å². The molecule has 1 aliphatic heterocycles. The van der Waals surface area contributed by atoms with Gasteiger partial charge in [-0.25, -0.2) is 4.98 Å². The van der Waals surface area contributed by atoms with Crippen LogP contribution < -0.4 is 27.3 Å². The zero-order valence-electron chi connectivity index (χ0n) is 25.2. The Kier molecular flexibility index (Phi) is 10.4. The van der Waals surface area contributed by atoms with E-state index in [1.807, 2.05) is 22.8 Å². The minimum absolute atomic E-state index is 0.138. The summed E-state index contributed by atoms with van der Waals surface area (Å²) in [6, 6.07) is 3.29. The highest BCUT2D eigenvalue weighted by Gasteiger charge is 2.36. The number of guanidine groups is 1. The summed E-state index contributed by atoms with van der Waals surface area (Å²) in [6.07, 6.45) is 8.87. The first kappa shape index (κ1) is 31.9. The number of aromatic nitrogens is 2. The van der Waals surface area contributed by atoms with Crippen molar-refractivity contribution in [3.8, 4) is 5.75 Å². The average Bonchev–Trinajstić information content (AvgIpc) is 3.21. The van der Waals surface area contributed by atoms with Crippen molar-refractivity contribution in [3.63, 3.8) is 0 Å². The number of fused-ring (bicyclic) bond motifs is 1. The van der Waals surface area contributed by atoms with E-state index in [4.69, 9.17) is 26.4 Å². The van der Waals surface area contributed by atoms with Crippen LogP contribution in [-0.2, 0) is 11.0 Å². The molecule has 12 heteroatoms. The van der Waals surface area contributed by atoms with E-state index in [1.165, 1.54) is 0 Å². The number of nitrogens with zero attached hydrogens (tertiary/aromatic N) is 4. The van der Waals surface area contributed by atoms with Gasteiger partial charge in [0.2, 0.25) is 11.9 Å². The molecule has 224 valence electrons. The molecular formula is C29H46N8O3Si. The van der Waals surface area contributed by atoms with Gasteiger partial charge in [0, 0.05) is 50.8 Å². The lowest BCUT2D eigenvalue weighted by Gasteiger charge is -2.36. The Labute approximate surface area is 244 Å². The monoisotopic (exact) mass is 582 g/mol. The lowest BCUT2D eigenvalue weighted by atomic mass is 10.1. The maximum atomic E-state index is 12.0. The van der Waals surface area contributed by atoms with Crippen molar-refractivity contribution < 1.29 is 14.0 Å². The van der Waals surface area contributed by atoms with E-state index < -0.39 is 14.2 Å². The number of benzene rings is 1. The van der Waals surface area contributed by atoms with Crippen LogP contribution in [0.15, 0.2) is 53.7 Å². The van der Waals surface area contributed by atoms with Crippen LogP contribution in [0, 0.1) is 0 Å². The van der Waals surface area contributed by atoms with E-state index in [-0.39, 0.29) is 11.2 Å². The number of carbonyl (C=O) groups excluding carboxylic acids is 1. The number of aliphatic imine (C=N–C) groups is 1. The standard InChI is InChI=1S/C29H46N8O3Si/c1-8-12-21-19-24(30)35-28(33-5)36(21)13-9-10-14-37-25-22(34-27(37)32)17-20(26(31)38)18-23(25)39-15-11-16-40-41(6,7)29(2,3)4/h8-10,12,17-18,24H,1,11,13-16,19,30H2,2-7H3,(H2,31,38)(H2,32,34)(H,33,35)/b10-9+,21-12+. The van der Waals surface area contributed by atoms with Gasteiger partial charge in [0.15, 0.2) is 14.3 Å². The average molecular weight is 583 g/mol. The molecule has 3 rings (SSSR count). The van der Waals surface area contributed by atoms with Crippen molar-refractivity contribution in [2.75, 3.05) is 32.5 Å². The van der Waals surface area contributed by atoms with Gasteiger partial charge in [0.05, 0.1) is 18.3 Å². The fraction of sp³-hybridized carbons (Fsp3) is 0.483. The van der Waals surface area contributed by atoms with Crippen LogP contribution >= 0.6 is 0 Å². The van der Waals surface area contributed by atoms with E-state index in [1.54, 1.807) is 25.3 Å². The first-order valence-corrected chi connectivity index (χ1v) is 16.8. The van der Waals surface area contributed by atoms with Crippen molar-refractivity contribution in [1.29, 1.82) is 0 Å². The summed E-state index contributed by atoms with van der Waals surface area (Å²) in [5.74, 6) is 0.956. The third-order valence-corrected chi connectivity index (χ3v) is 12.1. The largest absolute Gasteiger partial charge is 0.491 e. The Morgan fingerprint density at radius 2 is 1.98 bits per heavy atom. The number of rotatable bonds is 12. The molecule has 0 spiro atoms. The molecule has 0 bridgehead atoms. The molecule has 2 heterocycles. The molecule has 0 aliphatic carbocycles. The number of ether oxygens (including phenoxy) is 1. The number of amides is 1. The van der Waals surface area contributed by atoms with Gasteiger partial charge < -0.3 is 41.1 Å². The molecule has 1 atom stereocenters. The molecule has 2 aromatic rings. The topological polar surface area (TPSA) is 159 Å². The van der Waals surface area contributed by atoms with E-state index in [0.717, 1.165) is 5.70 Å². The number of hydrogen-bond donors (Lipinski definition) is 4. The molecule has 1 amide bonds. The smallest absolute Gasteiger partial charge is 0.248 e. The summed E-state index contributed by atoms with van der Waals surface area (Å²) in [5, 5.41) is 3.34. The Morgan fingerprint density at radius 3 is 2.61 bits per heavy atom. The number of hydrogen-bond acceptors (Lipinski definition) is 7. The fourth-order valence-electron chi connectivity index (χ4n) is 4.28. The summed E-state index contributed by atoms with van der Waals surface area (Å²) in [5.41, 5.74) is 20.6. The highest BCUT2D eigenvalue weighted by atomic mass is 28.4. The maximum Gasteiger partial charge on any atom is 0.248 e. The number of nitrogen functional groups attached to an aromatic ring is 1. The number of imidazole rings is 1. The summed E-state index contributed by atoms with van der Waals surface area (Å²) in [4.78, 5) is 22.9. The molecule has 1 aromatic carbocycles. The van der Waals surface area contributed by atoms with Crippen molar-refractivity contribution in [1.82, 2.24) is 19.8 Å². The summed E-state index contributed by atoms with van der Waals surface area (Å²) >= 11 is 0. The van der Waals surface area contributed by atoms with E-state index >= 15 is 0 Å². The normalized spacial score (nSPS) is 18.4. The first-order valence-electron chi connectivity index (χ1n) is 13.9. The number of carbonyl (C=O) groups is 1. The minimum atomic E-state index is -1.84. The van der Waals surface area contributed by atoms with Gasteiger partial charge in [-0.3, -0.25) is 9.79 Å². The van der Waals surface area contributed by atoms with Crippen LogP contribution in [0.5, 0.6) is 5.75 Å². The Morgan fingerprint density at radius 1 is 1.27 bits per heavy atom. The molecule has 0 radical (unpaired) electrons. The number of allylic oxidation sites excluding steroid dienone is 3. The molecule has 7 N–H and O–H groups in total. The quantitative estimate of drug-likeness (QED) is 0.167. The van der Waals surface area contributed by atoms with Crippen LogP contribution in [-0.4, -0.2) is 67.6 Å². The third-order valence-electron chi connectivity index (χ3n) is 7.55. The highest BCUT2D eigenvalue weighted by Crippen LogP contribution is 2.36. The van der Waals surface area contributed by atoms with Crippen molar-refractivity contribution in [3.05, 3.63) is 54.3 Å². The van der Waals surface area contributed by atoms with Crippen LogP contribution in [0.1, 0.15) is 44.0 Å². The van der Waals surface area contributed by atoms with Gasteiger partial charge in [-0.2, -0.15) is 0 Å². The van der Waals surface area contributed by atoms with Gasteiger partial charge in [0.1, 0.15) is 11.3 Å².